The van der Waals surface area contributed by atoms with Crippen LogP contribution in [0.15, 0.2) is 36.5 Å². The number of hydrogen-bond donors (Lipinski definition) is 1. The molecule has 134 valence electrons. The highest BCUT2D eigenvalue weighted by atomic mass is 19.4. The number of rotatable bonds is 4. The molecule has 0 amide bonds. The highest BCUT2D eigenvalue weighted by Gasteiger charge is 2.45. The molecular weight excluding hydrogens is 359 g/mol. The zero-order valence-corrected chi connectivity index (χ0v) is 12.0. The SMILES string of the molecule is O=C(c1ccc(F)cc1F)C(F)(F)c1ccc(C(O)C(F)(F)F)cn1. The van der Waals surface area contributed by atoms with Crippen LogP contribution in [-0.4, -0.2) is 22.1 Å². The number of aliphatic hydroxyl groups is 1. The lowest BCUT2D eigenvalue weighted by molar-refractivity contribution is -0.206. The molecule has 0 saturated heterocycles. The lowest BCUT2D eigenvalue weighted by Crippen LogP contribution is -2.28. The van der Waals surface area contributed by atoms with Gasteiger partial charge in [0.15, 0.2) is 6.10 Å². The van der Waals surface area contributed by atoms with Gasteiger partial charge in [0.2, 0.25) is 5.78 Å². The van der Waals surface area contributed by atoms with E-state index in [-0.39, 0.29) is 6.07 Å². The number of benzene rings is 1. The van der Waals surface area contributed by atoms with Gasteiger partial charge in [0.25, 0.3) is 0 Å². The van der Waals surface area contributed by atoms with Crippen LogP contribution in [0, 0.1) is 11.6 Å². The Kier molecular flexibility index (Phi) is 4.85. The van der Waals surface area contributed by atoms with E-state index in [1.54, 1.807) is 0 Å². The maximum absolute atomic E-state index is 14.1. The van der Waals surface area contributed by atoms with Crippen LogP contribution >= 0.6 is 0 Å². The van der Waals surface area contributed by atoms with Gasteiger partial charge in [0.1, 0.15) is 17.3 Å². The third-order valence-corrected chi connectivity index (χ3v) is 3.19. The summed E-state index contributed by atoms with van der Waals surface area (Å²) in [6.45, 7) is 0. The van der Waals surface area contributed by atoms with Crippen LogP contribution in [0.3, 0.4) is 0 Å². The van der Waals surface area contributed by atoms with E-state index in [0.717, 1.165) is 0 Å². The van der Waals surface area contributed by atoms with Crippen molar-refractivity contribution in [1.82, 2.24) is 4.98 Å². The molecule has 0 aliphatic carbocycles. The molecule has 1 N–H and O–H groups in total. The fourth-order valence-electron chi connectivity index (χ4n) is 1.90. The van der Waals surface area contributed by atoms with E-state index in [4.69, 9.17) is 5.11 Å². The molecule has 2 aromatic rings. The van der Waals surface area contributed by atoms with Gasteiger partial charge in [-0.25, -0.2) is 8.78 Å². The first kappa shape index (κ1) is 18.8. The Balaban J connectivity index is 2.34. The van der Waals surface area contributed by atoms with Gasteiger partial charge < -0.3 is 5.11 Å². The van der Waals surface area contributed by atoms with Crippen LogP contribution in [-0.2, 0) is 5.92 Å². The maximum Gasteiger partial charge on any atom is 0.418 e. The Labute approximate surface area is 135 Å². The minimum absolute atomic E-state index is 0.236. The molecule has 10 heteroatoms. The Morgan fingerprint density at radius 1 is 1.04 bits per heavy atom. The Morgan fingerprint density at radius 3 is 2.16 bits per heavy atom. The lowest BCUT2D eigenvalue weighted by Gasteiger charge is -2.17. The van der Waals surface area contributed by atoms with Gasteiger partial charge in [0.05, 0.1) is 5.56 Å². The average Bonchev–Trinajstić information content (AvgIpc) is 2.53. The number of aliphatic hydroxyl groups excluding tert-OH is 1. The molecule has 1 aromatic heterocycles. The monoisotopic (exact) mass is 367 g/mol. The van der Waals surface area contributed by atoms with Gasteiger partial charge in [-0.05, 0) is 18.2 Å². The fraction of sp³-hybridized carbons (Fsp3) is 0.200. The molecule has 1 atom stereocenters. The Hall–Kier alpha value is -2.49. The summed E-state index contributed by atoms with van der Waals surface area (Å²) in [6, 6.07) is 2.27. The Morgan fingerprint density at radius 2 is 1.68 bits per heavy atom. The van der Waals surface area contributed by atoms with Crippen LogP contribution in [0.2, 0.25) is 0 Å². The van der Waals surface area contributed by atoms with Gasteiger partial charge in [-0.15, -0.1) is 0 Å². The second-order valence-electron chi connectivity index (χ2n) is 4.95. The smallest absolute Gasteiger partial charge is 0.379 e. The third kappa shape index (κ3) is 3.78. The summed E-state index contributed by atoms with van der Waals surface area (Å²) in [7, 11) is 0. The van der Waals surface area contributed by atoms with Crippen LogP contribution < -0.4 is 0 Å². The normalized spacial score (nSPS) is 13.6. The molecule has 0 aliphatic heterocycles. The molecule has 1 heterocycles. The predicted molar refractivity (Wildman–Crippen MR) is 69.8 cm³/mol. The van der Waals surface area contributed by atoms with E-state index in [1.165, 1.54) is 0 Å². The number of carbonyl (C=O) groups is 1. The summed E-state index contributed by atoms with van der Waals surface area (Å²) in [4.78, 5) is 14.8. The largest absolute Gasteiger partial charge is 0.418 e. The van der Waals surface area contributed by atoms with E-state index in [1.807, 2.05) is 0 Å². The molecule has 1 unspecified atom stereocenters. The van der Waals surface area contributed by atoms with Crippen molar-refractivity contribution in [2.45, 2.75) is 18.2 Å². The number of alkyl halides is 5. The fourth-order valence-corrected chi connectivity index (χ4v) is 1.90. The van der Waals surface area contributed by atoms with Crippen molar-refractivity contribution in [2.24, 2.45) is 0 Å². The van der Waals surface area contributed by atoms with Crippen molar-refractivity contribution in [3.05, 3.63) is 65.0 Å². The molecular formula is C15H8F7NO2. The third-order valence-electron chi connectivity index (χ3n) is 3.19. The number of nitrogens with zero attached hydrogens (tertiary/aromatic N) is 1. The van der Waals surface area contributed by atoms with Crippen molar-refractivity contribution in [3.8, 4) is 0 Å². The zero-order valence-electron chi connectivity index (χ0n) is 12.0. The molecule has 25 heavy (non-hydrogen) atoms. The minimum Gasteiger partial charge on any atom is -0.379 e. The van der Waals surface area contributed by atoms with E-state index >= 15 is 0 Å². The number of carbonyl (C=O) groups excluding carboxylic acids is 1. The first-order valence-electron chi connectivity index (χ1n) is 6.53. The second kappa shape index (κ2) is 6.43. The van der Waals surface area contributed by atoms with E-state index < -0.39 is 52.4 Å². The summed E-state index contributed by atoms with van der Waals surface area (Å²) in [6.07, 6.45) is -7.64. The molecule has 3 nitrogen and oxygen atoms in total. The molecule has 2 rings (SSSR count). The van der Waals surface area contributed by atoms with Gasteiger partial charge >= 0.3 is 12.1 Å². The van der Waals surface area contributed by atoms with Crippen LogP contribution in [0.5, 0.6) is 0 Å². The second-order valence-corrected chi connectivity index (χ2v) is 4.95. The average molecular weight is 367 g/mol. The highest BCUT2D eigenvalue weighted by Crippen LogP contribution is 2.35. The van der Waals surface area contributed by atoms with Gasteiger partial charge in [0, 0.05) is 17.8 Å². The minimum atomic E-state index is -5.03. The first-order valence-corrected chi connectivity index (χ1v) is 6.53. The van der Waals surface area contributed by atoms with Crippen molar-refractivity contribution in [1.29, 1.82) is 0 Å². The molecule has 0 bridgehead atoms. The zero-order chi connectivity index (χ0) is 19.0. The standard InChI is InChI=1S/C15H8F7NO2/c16-8-2-3-9(10(17)5-8)13(25)14(18,19)11-4-1-7(6-23-11)12(24)15(20,21)22/h1-6,12,24H. The molecule has 0 radical (unpaired) electrons. The summed E-state index contributed by atoms with van der Waals surface area (Å²) in [5, 5.41) is 9.00. The maximum atomic E-state index is 14.1. The van der Waals surface area contributed by atoms with Gasteiger partial charge in [-0.1, -0.05) is 6.07 Å². The summed E-state index contributed by atoms with van der Waals surface area (Å²) in [5.74, 6) is -9.02. The number of hydrogen-bond acceptors (Lipinski definition) is 3. The summed E-state index contributed by atoms with van der Waals surface area (Å²) >= 11 is 0. The number of aromatic nitrogens is 1. The van der Waals surface area contributed by atoms with Crippen molar-refractivity contribution >= 4 is 5.78 Å². The predicted octanol–water partition coefficient (Wildman–Crippen LogP) is 3.93. The van der Waals surface area contributed by atoms with Crippen molar-refractivity contribution in [2.75, 3.05) is 0 Å². The lowest BCUT2D eigenvalue weighted by atomic mass is 10.0. The number of Topliss-reactive ketones (excluding diaryl/α,β-unsaturated/α-hetero) is 1. The topological polar surface area (TPSA) is 50.2 Å². The van der Waals surface area contributed by atoms with Crippen LogP contribution in [0.25, 0.3) is 0 Å². The number of halogens is 7. The van der Waals surface area contributed by atoms with E-state index in [0.29, 0.717) is 30.5 Å². The summed E-state index contributed by atoms with van der Waals surface area (Å²) in [5.41, 5.74) is -3.17. The number of pyridine rings is 1. The molecule has 0 aliphatic rings. The van der Waals surface area contributed by atoms with Crippen LogP contribution in [0.4, 0.5) is 30.7 Å². The van der Waals surface area contributed by atoms with Gasteiger partial charge in [-0.2, -0.15) is 22.0 Å². The van der Waals surface area contributed by atoms with E-state index in [2.05, 4.69) is 4.98 Å². The van der Waals surface area contributed by atoms with E-state index in [9.17, 15) is 35.5 Å². The van der Waals surface area contributed by atoms with Crippen molar-refractivity contribution < 1.29 is 40.6 Å². The first-order chi connectivity index (χ1) is 11.4. The molecule has 1 aromatic carbocycles. The highest BCUT2D eigenvalue weighted by molar-refractivity contribution is 6.01. The quantitative estimate of drug-likeness (QED) is 0.658. The Bertz CT molecular complexity index is 787. The van der Waals surface area contributed by atoms with Crippen molar-refractivity contribution in [3.63, 3.8) is 0 Å². The summed E-state index contributed by atoms with van der Waals surface area (Å²) < 4.78 is 91.5. The molecule has 0 fully saturated rings. The van der Waals surface area contributed by atoms with Crippen LogP contribution in [0.1, 0.15) is 27.7 Å². The molecule has 0 saturated carbocycles. The molecule has 0 spiro atoms. The number of ketones is 1. The van der Waals surface area contributed by atoms with Gasteiger partial charge in [-0.3, -0.25) is 9.78 Å².